The van der Waals surface area contributed by atoms with E-state index in [1.807, 2.05) is 12.1 Å². The average molecular weight is 302 g/mol. The summed E-state index contributed by atoms with van der Waals surface area (Å²) < 4.78 is 5.99. The number of ether oxygens (including phenoxy) is 1. The Hall–Kier alpha value is -1.62. The fraction of sp³-hybridized carbons (Fsp3) is 0.312. The van der Waals surface area contributed by atoms with Gasteiger partial charge in [0.15, 0.2) is 0 Å². The number of fused-ring (bicyclic) bond motifs is 2. The predicted molar refractivity (Wildman–Crippen MR) is 83.0 cm³/mol. The van der Waals surface area contributed by atoms with Crippen LogP contribution in [0.15, 0.2) is 42.6 Å². The minimum absolute atomic E-state index is 0.123. The van der Waals surface area contributed by atoms with Crippen LogP contribution in [0.25, 0.3) is 0 Å². The maximum absolute atomic E-state index is 5.99. The number of benzene rings is 1. The lowest BCUT2D eigenvalue weighted by atomic mass is 9.93. The van der Waals surface area contributed by atoms with Crippen molar-refractivity contribution in [2.75, 3.05) is 18.5 Å². The van der Waals surface area contributed by atoms with Gasteiger partial charge in [0.05, 0.1) is 11.6 Å². The van der Waals surface area contributed by atoms with Crippen LogP contribution < -0.4 is 10.6 Å². The minimum atomic E-state index is -0.123. The fourth-order valence-corrected chi connectivity index (χ4v) is 3.21. The first-order chi connectivity index (χ1) is 10.2. The van der Waals surface area contributed by atoms with E-state index in [9.17, 15) is 0 Å². The van der Waals surface area contributed by atoms with Crippen molar-refractivity contribution in [1.82, 2.24) is 10.3 Å². The highest BCUT2D eigenvalue weighted by atomic mass is 35.5. The molecule has 1 aromatic carbocycles. The van der Waals surface area contributed by atoms with Crippen LogP contribution in [0.2, 0.25) is 5.02 Å². The molecule has 1 aromatic heterocycles. The molecule has 1 unspecified atom stereocenters. The number of aromatic nitrogens is 1. The van der Waals surface area contributed by atoms with Crippen LogP contribution in [0.5, 0.6) is 0 Å². The molecular weight excluding hydrogens is 286 g/mol. The van der Waals surface area contributed by atoms with Gasteiger partial charge in [-0.2, -0.15) is 0 Å². The molecule has 2 N–H and O–H groups in total. The normalized spacial score (nSPS) is 27.0. The molecule has 0 amide bonds. The molecule has 3 heterocycles. The topological polar surface area (TPSA) is 46.2 Å². The van der Waals surface area contributed by atoms with Gasteiger partial charge in [0.25, 0.3) is 0 Å². The summed E-state index contributed by atoms with van der Waals surface area (Å²) in [4.78, 5) is 4.23. The van der Waals surface area contributed by atoms with E-state index >= 15 is 0 Å². The van der Waals surface area contributed by atoms with E-state index in [1.54, 1.807) is 6.20 Å². The third-order valence-electron chi connectivity index (χ3n) is 4.22. The van der Waals surface area contributed by atoms with Gasteiger partial charge in [-0.3, -0.25) is 0 Å². The number of rotatable bonds is 3. The van der Waals surface area contributed by atoms with Gasteiger partial charge in [-0.05, 0) is 36.2 Å². The zero-order chi connectivity index (χ0) is 14.3. The Bertz CT molecular complexity index is 634. The Kier molecular flexibility index (Phi) is 3.10. The van der Waals surface area contributed by atoms with Crippen LogP contribution in [-0.4, -0.2) is 24.2 Å². The number of halogens is 1. The molecule has 0 aliphatic carbocycles. The summed E-state index contributed by atoms with van der Waals surface area (Å²) in [6.45, 7) is 1.72. The van der Waals surface area contributed by atoms with E-state index in [0.717, 1.165) is 31.1 Å². The van der Waals surface area contributed by atoms with Crippen LogP contribution in [0.3, 0.4) is 0 Å². The molecule has 2 fully saturated rings. The van der Waals surface area contributed by atoms with Crippen molar-refractivity contribution in [3.05, 3.63) is 53.2 Å². The van der Waals surface area contributed by atoms with E-state index < -0.39 is 0 Å². The summed E-state index contributed by atoms with van der Waals surface area (Å²) in [6, 6.07) is 12.6. The van der Waals surface area contributed by atoms with Crippen molar-refractivity contribution in [3.8, 4) is 0 Å². The van der Waals surface area contributed by atoms with Crippen LogP contribution in [0, 0.1) is 0 Å². The molecule has 2 atom stereocenters. The maximum atomic E-state index is 5.99. The molecule has 2 aliphatic rings. The summed E-state index contributed by atoms with van der Waals surface area (Å²) in [5.74, 6) is 0.782. The highest BCUT2D eigenvalue weighted by Crippen LogP contribution is 2.40. The predicted octanol–water partition coefficient (Wildman–Crippen LogP) is 3.07. The van der Waals surface area contributed by atoms with Crippen molar-refractivity contribution >= 4 is 23.1 Å². The monoisotopic (exact) mass is 301 g/mol. The summed E-state index contributed by atoms with van der Waals surface area (Å²) in [5, 5.41) is 7.39. The van der Waals surface area contributed by atoms with E-state index in [0.29, 0.717) is 11.1 Å². The number of nitrogens with zero attached hydrogens (tertiary/aromatic N) is 1. The van der Waals surface area contributed by atoms with E-state index in [1.165, 1.54) is 5.56 Å². The lowest BCUT2D eigenvalue weighted by Gasteiger charge is -2.27. The van der Waals surface area contributed by atoms with Crippen molar-refractivity contribution in [2.45, 2.75) is 18.1 Å². The summed E-state index contributed by atoms with van der Waals surface area (Å²) >= 11 is 5.83. The molecule has 2 bridgehead atoms. The number of hydrogen-bond donors (Lipinski definition) is 2. The second-order valence-corrected chi connectivity index (χ2v) is 6.09. The van der Waals surface area contributed by atoms with Crippen molar-refractivity contribution in [3.63, 3.8) is 0 Å². The SMILES string of the molecule is Clc1ccc(Nc2ccc([C@]34CNC(CO3)C4)cc2)nc1. The molecule has 0 radical (unpaired) electrons. The third-order valence-corrected chi connectivity index (χ3v) is 4.45. The molecule has 4 nitrogen and oxygen atoms in total. The van der Waals surface area contributed by atoms with Gasteiger partial charge in [-0.1, -0.05) is 23.7 Å². The molecule has 2 saturated heterocycles. The zero-order valence-electron chi connectivity index (χ0n) is 11.5. The largest absolute Gasteiger partial charge is 0.367 e. The lowest BCUT2D eigenvalue weighted by Crippen LogP contribution is -2.37. The Morgan fingerprint density at radius 3 is 2.67 bits per heavy atom. The second kappa shape index (κ2) is 4.98. The molecule has 2 aromatic rings. The summed E-state index contributed by atoms with van der Waals surface area (Å²) in [6.07, 6.45) is 2.70. The lowest BCUT2D eigenvalue weighted by molar-refractivity contribution is -0.00957. The van der Waals surface area contributed by atoms with Gasteiger partial charge in [-0.15, -0.1) is 0 Å². The molecule has 4 rings (SSSR count). The van der Waals surface area contributed by atoms with E-state index in [4.69, 9.17) is 16.3 Å². The van der Waals surface area contributed by atoms with E-state index in [-0.39, 0.29) is 5.60 Å². The highest BCUT2D eigenvalue weighted by molar-refractivity contribution is 6.30. The number of pyridine rings is 1. The first kappa shape index (κ1) is 13.1. The molecule has 0 saturated carbocycles. The van der Waals surface area contributed by atoms with Crippen LogP contribution in [0.1, 0.15) is 12.0 Å². The highest BCUT2D eigenvalue weighted by Gasteiger charge is 2.47. The van der Waals surface area contributed by atoms with Gasteiger partial charge >= 0.3 is 0 Å². The zero-order valence-corrected chi connectivity index (χ0v) is 12.2. The molecular formula is C16H16ClN3O. The Balaban J connectivity index is 1.52. The van der Waals surface area contributed by atoms with Gasteiger partial charge in [0.1, 0.15) is 11.4 Å². The smallest absolute Gasteiger partial charge is 0.130 e. The third kappa shape index (κ3) is 2.39. The fourth-order valence-electron chi connectivity index (χ4n) is 3.10. The van der Waals surface area contributed by atoms with Crippen molar-refractivity contribution < 1.29 is 4.74 Å². The van der Waals surface area contributed by atoms with Crippen LogP contribution in [0.4, 0.5) is 11.5 Å². The average Bonchev–Trinajstić information content (AvgIpc) is 3.12. The minimum Gasteiger partial charge on any atom is -0.367 e. The van der Waals surface area contributed by atoms with Gasteiger partial charge in [0.2, 0.25) is 0 Å². The first-order valence-electron chi connectivity index (χ1n) is 7.10. The van der Waals surface area contributed by atoms with Gasteiger partial charge in [-0.25, -0.2) is 4.98 Å². The number of morpholine rings is 1. The molecule has 108 valence electrons. The second-order valence-electron chi connectivity index (χ2n) is 5.65. The van der Waals surface area contributed by atoms with Crippen LogP contribution in [-0.2, 0) is 10.3 Å². The number of nitrogens with one attached hydrogen (secondary N) is 2. The molecule has 21 heavy (non-hydrogen) atoms. The Labute approximate surface area is 128 Å². The summed E-state index contributed by atoms with van der Waals surface area (Å²) in [7, 11) is 0. The van der Waals surface area contributed by atoms with E-state index in [2.05, 4.69) is 39.9 Å². The Morgan fingerprint density at radius 2 is 2.10 bits per heavy atom. The molecule has 2 aliphatic heterocycles. The standard InChI is InChI=1S/C16H16ClN3O/c17-12-3-6-15(18-8-12)20-13-4-1-11(2-5-13)16-7-14(9-21-16)19-10-16/h1-6,8,14,19H,7,9-10H2,(H,18,20)/t14?,16-/m0/s1. The number of anilines is 2. The van der Waals surface area contributed by atoms with Crippen molar-refractivity contribution in [1.29, 1.82) is 0 Å². The van der Waals surface area contributed by atoms with Crippen LogP contribution >= 0.6 is 11.6 Å². The quantitative estimate of drug-likeness (QED) is 0.914. The van der Waals surface area contributed by atoms with Gasteiger partial charge in [0, 0.05) is 24.5 Å². The maximum Gasteiger partial charge on any atom is 0.130 e. The summed E-state index contributed by atoms with van der Waals surface area (Å²) in [5.41, 5.74) is 2.12. The van der Waals surface area contributed by atoms with Gasteiger partial charge < -0.3 is 15.4 Å². The number of hydrogen-bond acceptors (Lipinski definition) is 4. The van der Waals surface area contributed by atoms with Crippen molar-refractivity contribution in [2.24, 2.45) is 0 Å². The molecule has 0 spiro atoms. The molecule has 5 heteroatoms. The Morgan fingerprint density at radius 1 is 1.24 bits per heavy atom. The first-order valence-corrected chi connectivity index (χ1v) is 7.48.